The molecule has 1 heterocycles. The summed E-state index contributed by atoms with van der Waals surface area (Å²) < 4.78 is 41.7. The number of nitrogens with zero attached hydrogens (tertiary/aromatic N) is 2. The Labute approximate surface area is 191 Å². The number of aromatic amines is 1. The molecular weight excluding hydrogens is 429 g/mol. The number of amides is 1. The van der Waals surface area contributed by atoms with Crippen LogP contribution in [0.5, 0.6) is 0 Å². The highest BCUT2D eigenvalue weighted by molar-refractivity contribution is 5.78. The first-order chi connectivity index (χ1) is 15.7. The number of likely N-dealkylation sites (N-methyl/N-ethyl adjacent to an activating group) is 1. The Morgan fingerprint density at radius 2 is 1.91 bits per heavy atom. The molecule has 0 radical (unpaired) electrons. The molecule has 8 heteroatoms. The number of carbonyl (C=O) groups excluding carboxylic acids is 1. The average molecular weight is 459 g/mol. The molecule has 1 aliphatic rings. The maximum Gasteiger partial charge on any atom is 0.395 e. The minimum Gasteiger partial charge on any atom is -0.355 e. The molecule has 1 aliphatic carbocycles. The highest BCUT2D eigenvalue weighted by atomic mass is 19.4. The van der Waals surface area contributed by atoms with Crippen LogP contribution in [0.3, 0.4) is 0 Å². The number of nitrogens with one attached hydrogen (secondary N) is 2. The zero-order chi connectivity index (χ0) is 23.6. The first-order valence-corrected chi connectivity index (χ1v) is 11.2. The van der Waals surface area contributed by atoms with Crippen molar-refractivity contribution in [3.8, 4) is 0 Å². The third-order valence-corrected chi connectivity index (χ3v) is 6.85. The van der Waals surface area contributed by atoms with E-state index in [1.54, 1.807) is 36.5 Å². The van der Waals surface area contributed by atoms with Crippen molar-refractivity contribution in [2.45, 2.75) is 43.8 Å². The van der Waals surface area contributed by atoms with E-state index in [1.807, 2.05) is 31.1 Å². The van der Waals surface area contributed by atoms with Crippen molar-refractivity contribution < 1.29 is 18.0 Å². The lowest BCUT2D eigenvalue weighted by Gasteiger charge is -2.30. The summed E-state index contributed by atoms with van der Waals surface area (Å²) in [5.41, 5.74) is 0.833. The normalized spacial score (nSPS) is 17.2. The van der Waals surface area contributed by atoms with Gasteiger partial charge in [-0.1, -0.05) is 36.4 Å². The van der Waals surface area contributed by atoms with E-state index < -0.39 is 17.5 Å². The van der Waals surface area contributed by atoms with Crippen LogP contribution >= 0.6 is 0 Å². The molecule has 1 aromatic heterocycles. The Hall–Kier alpha value is -2.87. The van der Waals surface area contributed by atoms with Gasteiger partial charge in [0.15, 0.2) is 0 Å². The van der Waals surface area contributed by atoms with Crippen molar-refractivity contribution in [2.24, 2.45) is 5.41 Å². The van der Waals surface area contributed by atoms with Gasteiger partial charge in [-0.15, -0.1) is 0 Å². The molecule has 2 atom stereocenters. The first kappa shape index (κ1) is 23.3. The molecular formula is C25H29F3N4O. The molecule has 3 aromatic rings. The van der Waals surface area contributed by atoms with E-state index >= 15 is 0 Å². The number of carbonyl (C=O) groups is 1. The second-order valence-corrected chi connectivity index (χ2v) is 9.24. The summed E-state index contributed by atoms with van der Waals surface area (Å²) in [6, 6.07) is 14.7. The number of halogens is 3. The van der Waals surface area contributed by atoms with Crippen LogP contribution < -0.4 is 5.32 Å². The second-order valence-electron chi connectivity index (χ2n) is 9.24. The highest BCUT2D eigenvalue weighted by Crippen LogP contribution is 2.66. The SMILES string of the molecule is CN(C)[C@H](CNC(=O)C[C@@H](c1ccccc1)C1(C(F)(F)F)CC1)Cc1ccc2[nH]ncc2c1. The average Bonchev–Trinajstić information content (AvgIpc) is 3.47. The lowest BCUT2D eigenvalue weighted by molar-refractivity contribution is -0.194. The number of fused-ring (bicyclic) bond motifs is 1. The van der Waals surface area contributed by atoms with Crippen LogP contribution in [0.4, 0.5) is 13.2 Å². The van der Waals surface area contributed by atoms with Gasteiger partial charge in [0.1, 0.15) is 0 Å². The van der Waals surface area contributed by atoms with Crippen LogP contribution in [-0.2, 0) is 11.2 Å². The molecule has 1 saturated carbocycles. The molecule has 1 amide bonds. The summed E-state index contributed by atoms with van der Waals surface area (Å²) in [6.45, 7) is 0.357. The van der Waals surface area contributed by atoms with E-state index in [2.05, 4.69) is 21.6 Å². The fraction of sp³-hybridized carbons (Fsp3) is 0.440. The molecule has 0 saturated heterocycles. The van der Waals surface area contributed by atoms with Crippen molar-refractivity contribution in [3.63, 3.8) is 0 Å². The largest absolute Gasteiger partial charge is 0.395 e. The van der Waals surface area contributed by atoms with Crippen molar-refractivity contribution in [1.29, 1.82) is 0 Å². The summed E-state index contributed by atoms with van der Waals surface area (Å²) in [7, 11) is 3.87. The van der Waals surface area contributed by atoms with Gasteiger partial charge >= 0.3 is 6.18 Å². The van der Waals surface area contributed by atoms with Gasteiger partial charge in [0, 0.05) is 30.3 Å². The van der Waals surface area contributed by atoms with Crippen molar-refractivity contribution >= 4 is 16.8 Å². The topological polar surface area (TPSA) is 61.0 Å². The maximum absolute atomic E-state index is 13.9. The first-order valence-electron chi connectivity index (χ1n) is 11.2. The Balaban J connectivity index is 1.43. The zero-order valence-electron chi connectivity index (χ0n) is 18.8. The minimum atomic E-state index is -4.33. The number of alkyl halides is 3. The predicted molar refractivity (Wildman–Crippen MR) is 122 cm³/mol. The van der Waals surface area contributed by atoms with Gasteiger partial charge in [-0.2, -0.15) is 18.3 Å². The fourth-order valence-corrected chi connectivity index (χ4v) is 4.60. The van der Waals surface area contributed by atoms with Crippen LogP contribution in [0.15, 0.2) is 54.7 Å². The van der Waals surface area contributed by atoms with Crippen molar-refractivity contribution in [3.05, 3.63) is 65.9 Å². The molecule has 0 unspecified atom stereocenters. The molecule has 1 fully saturated rings. The van der Waals surface area contributed by atoms with Gasteiger partial charge in [0.2, 0.25) is 5.91 Å². The molecule has 176 valence electrons. The fourth-order valence-electron chi connectivity index (χ4n) is 4.60. The predicted octanol–water partition coefficient (Wildman–Crippen LogP) is 4.67. The Morgan fingerprint density at radius 3 is 2.55 bits per heavy atom. The van der Waals surface area contributed by atoms with Gasteiger partial charge in [-0.05, 0) is 56.6 Å². The van der Waals surface area contributed by atoms with Gasteiger partial charge < -0.3 is 10.2 Å². The Morgan fingerprint density at radius 1 is 1.18 bits per heavy atom. The van der Waals surface area contributed by atoms with Gasteiger partial charge in [-0.3, -0.25) is 9.89 Å². The van der Waals surface area contributed by atoms with Crippen LogP contribution in [0.25, 0.3) is 10.9 Å². The number of H-pyrrole nitrogens is 1. The number of hydrogen-bond acceptors (Lipinski definition) is 3. The summed E-state index contributed by atoms with van der Waals surface area (Å²) in [5, 5.41) is 10.9. The molecule has 2 N–H and O–H groups in total. The van der Waals surface area contributed by atoms with E-state index in [9.17, 15) is 18.0 Å². The molecule has 2 aromatic carbocycles. The molecule has 5 nitrogen and oxygen atoms in total. The number of benzene rings is 2. The molecule has 0 aliphatic heterocycles. The summed E-state index contributed by atoms with van der Waals surface area (Å²) >= 11 is 0. The monoisotopic (exact) mass is 458 g/mol. The van der Waals surface area contributed by atoms with E-state index in [-0.39, 0.29) is 31.2 Å². The van der Waals surface area contributed by atoms with E-state index in [0.717, 1.165) is 16.5 Å². The van der Waals surface area contributed by atoms with E-state index in [1.165, 1.54) is 0 Å². The molecule has 0 spiro atoms. The number of hydrogen-bond donors (Lipinski definition) is 2. The van der Waals surface area contributed by atoms with Gasteiger partial charge in [-0.25, -0.2) is 0 Å². The van der Waals surface area contributed by atoms with Gasteiger partial charge in [0.05, 0.1) is 17.1 Å². The highest BCUT2D eigenvalue weighted by Gasteiger charge is 2.67. The quantitative estimate of drug-likeness (QED) is 0.490. The Kier molecular flexibility index (Phi) is 6.47. The number of aromatic nitrogens is 2. The molecule has 33 heavy (non-hydrogen) atoms. The van der Waals surface area contributed by atoms with Crippen LogP contribution in [-0.4, -0.2) is 53.9 Å². The van der Waals surface area contributed by atoms with Crippen molar-refractivity contribution in [2.75, 3.05) is 20.6 Å². The van der Waals surface area contributed by atoms with E-state index in [0.29, 0.717) is 18.5 Å². The summed E-state index contributed by atoms with van der Waals surface area (Å²) in [5.74, 6) is -1.23. The van der Waals surface area contributed by atoms with Crippen LogP contribution in [0.1, 0.15) is 36.3 Å². The Bertz CT molecular complexity index is 1090. The zero-order valence-corrected chi connectivity index (χ0v) is 18.8. The maximum atomic E-state index is 13.9. The lowest BCUT2D eigenvalue weighted by atomic mass is 9.80. The second kappa shape index (κ2) is 9.17. The molecule has 0 bridgehead atoms. The third kappa shape index (κ3) is 5.05. The number of rotatable bonds is 9. The standard InChI is InChI=1S/C25H29F3N4O/c1-32(2)20(13-17-8-9-22-19(12-17)15-30-31-22)16-29-23(33)14-21(18-6-4-3-5-7-18)24(10-11-24)25(26,27)28/h3-9,12,15,20-21H,10-11,13-14,16H2,1-2H3,(H,29,33)(H,30,31)/t20-,21-/m0/s1. The molecule has 4 rings (SSSR count). The van der Waals surface area contributed by atoms with E-state index in [4.69, 9.17) is 0 Å². The summed E-state index contributed by atoms with van der Waals surface area (Å²) in [4.78, 5) is 14.9. The van der Waals surface area contributed by atoms with Crippen LogP contribution in [0.2, 0.25) is 0 Å². The van der Waals surface area contributed by atoms with Crippen LogP contribution in [0, 0.1) is 5.41 Å². The lowest BCUT2D eigenvalue weighted by Crippen LogP contribution is -2.42. The summed E-state index contributed by atoms with van der Waals surface area (Å²) in [6.07, 6.45) is -1.90. The smallest absolute Gasteiger partial charge is 0.355 e. The third-order valence-electron chi connectivity index (χ3n) is 6.85. The van der Waals surface area contributed by atoms with Crippen molar-refractivity contribution in [1.82, 2.24) is 20.4 Å². The minimum absolute atomic E-state index is 0.00553. The van der Waals surface area contributed by atoms with Gasteiger partial charge in [0.25, 0.3) is 0 Å².